The van der Waals surface area contributed by atoms with E-state index in [0.29, 0.717) is 18.8 Å². The number of nitrogens with two attached hydrogens (primary N) is 1. The Kier molecular flexibility index (Phi) is 3.89. The summed E-state index contributed by atoms with van der Waals surface area (Å²) in [6.45, 7) is 0.886. The Labute approximate surface area is 108 Å². The van der Waals surface area contributed by atoms with Crippen molar-refractivity contribution in [1.82, 2.24) is 4.31 Å². The molecule has 1 atom stereocenters. The smallest absolute Gasteiger partial charge is 0.247 e. The van der Waals surface area contributed by atoms with Gasteiger partial charge in [-0.25, -0.2) is 8.42 Å². The van der Waals surface area contributed by atoms with Crippen LogP contribution in [0.25, 0.3) is 0 Å². The zero-order chi connectivity index (χ0) is 13.2. The zero-order valence-electron chi connectivity index (χ0n) is 10.4. The van der Waals surface area contributed by atoms with E-state index in [1.54, 1.807) is 24.3 Å². The Morgan fingerprint density at radius 3 is 2.83 bits per heavy atom. The lowest BCUT2D eigenvalue weighted by molar-refractivity contribution is 0.379. The van der Waals surface area contributed by atoms with Gasteiger partial charge in [0.1, 0.15) is 10.6 Å². The van der Waals surface area contributed by atoms with Crippen LogP contribution in [0.4, 0.5) is 0 Å². The number of ether oxygens (including phenoxy) is 1. The Balaban J connectivity index is 2.42. The van der Waals surface area contributed by atoms with Gasteiger partial charge in [0.05, 0.1) is 7.11 Å². The van der Waals surface area contributed by atoms with E-state index in [4.69, 9.17) is 10.5 Å². The third kappa shape index (κ3) is 2.23. The molecule has 0 saturated carbocycles. The van der Waals surface area contributed by atoms with Crippen LogP contribution in [0.1, 0.15) is 12.8 Å². The lowest BCUT2D eigenvalue weighted by Crippen LogP contribution is -2.39. The summed E-state index contributed by atoms with van der Waals surface area (Å²) < 4.78 is 31.8. The van der Waals surface area contributed by atoms with Crippen LogP contribution < -0.4 is 10.5 Å². The average molecular weight is 270 g/mol. The van der Waals surface area contributed by atoms with Crippen molar-refractivity contribution in [2.24, 2.45) is 5.73 Å². The van der Waals surface area contributed by atoms with E-state index in [1.807, 2.05) is 0 Å². The van der Waals surface area contributed by atoms with Gasteiger partial charge in [-0.15, -0.1) is 0 Å². The molecule has 1 aromatic rings. The summed E-state index contributed by atoms with van der Waals surface area (Å²) >= 11 is 0. The van der Waals surface area contributed by atoms with Crippen LogP contribution in [-0.2, 0) is 10.0 Å². The summed E-state index contributed by atoms with van der Waals surface area (Å²) in [6, 6.07) is 6.57. The maximum absolute atomic E-state index is 12.6. The predicted molar refractivity (Wildman–Crippen MR) is 69.0 cm³/mol. The largest absolute Gasteiger partial charge is 0.495 e. The van der Waals surface area contributed by atoms with E-state index < -0.39 is 10.0 Å². The van der Waals surface area contributed by atoms with Crippen LogP contribution in [0.2, 0.25) is 0 Å². The predicted octanol–water partition coefficient (Wildman–Crippen LogP) is 0.807. The molecular weight excluding hydrogens is 252 g/mol. The van der Waals surface area contributed by atoms with Crippen LogP contribution in [-0.4, -0.2) is 39.0 Å². The maximum atomic E-state index is 12.6. The summed E-state index contributed by atoms with van der Waals surface area (Å²) in [5.41, 5.74) is 5.63. The molecule has 0 spiro atoms. The molecule has 2 N–H and O–H groups in total. The van der Waals surface area contributed by atoms with Crippen molar-refractivity contribution in [3.05, 3.63) is 24.3 Å². The van der Waals surface area contributed by atoms with E-state index in [9.17, 15) is 8.42 Å². The minimum Gasteiger partial charge on any atom is -0.495 e. The van der Waals surface area contributed by atoms with Crippen molar-refractivity contribution in [3.8, 4) is 5.75 Å². The van der Waals surface area contributed by atoms with Crippen molar-refractivity contribution < 1.29 is 13.2 Å². The molecule has 1 aromatic carbocycles. The summed E-state index contributed by atoms with van der Waals surface area (Å²) in [5.74, 6) is 0.375. The third-order valence-corrected chi connectivity index (χ3v) is 5.24. The Hall–Kier alpha value is -1.11. The standard InChI is InChI=1S/C12H18N2O3S/c1-17-11-6-2-3-7-12(11)18(15,16)14-8-4-5-10(14)9-13/h2-3,6-7,10H,4-5,8-9,13H2,1H3. The van der Waals surface area contributed by atoms with Gasteiger partial charge in [-0.3, -0.25) is 0 Å². The Morgan fingerprint density at radius 2 is 2.17 bits per heavy atom. The normalized spacial score (nSPS) is 21.1. The maximum Gasteiger partial charge on any atom is 0.247 e. The molecule has 18 heavy (non-hydrogen) atoms. The van der Waals surface area contributed by atoms with Crippen LogP contribution in [0.5, 0.6) is 5.75 Å². The van der Waals surface area contributed by atoms with E-state index >= 15 is 0 Å². The number of nitrogens with zero attached hydrogens (tertiary/aromatic N) is 1. The molecule has 6 heteroatoms. The van der Waals surface area contributed by atoms with Crippen LogP contribution in [0, 0.1) is 0 Å². The third-order valence-electron chi connectivity index (χ3n) is 3.25. The molecule has 0 amide bonds. The Bertz CT molecular complexity index is 516. The second-order valence-corrected chi connectivity index (χ2v) is 6.16. The van der Waals surface area contributed by atoms with E-state index in [2.05, 4.69) is 0 Å². The van der Waals surface area contributed by atoms with E-state index in [-0.39, 0.29) is 10.9 Å². The Morgan fingerprint density at radius 1 is 1.44 bits per heavy atom. The number of para-hydroxylation sites is 1. The van der Waals surface area contributed by atoms with E-state index in [1.165, 1.54) is 11.4 Å². The molecule has 0 aromatic heterocycles. The van der Waals surface area contributed by atoms with Gasteiger partial charge < -0.3 is 10.5 Å². The number of methoxy groups -OCH3 is 1. The first-order chi connectivity index (χ1) is 8.61. The van der Waals surface area contributed by atoms with Crippen molar-refractivity contribution in [3.63, 3.8) is 0 Å². The molecule has 1 saturated heterocycles. The van der Waals surface area contributed by atoms with Gasteiger partial charge in [0, 0.05) is 19.1 Å². The van der Waals surface area contributed by atoms with Crippen LogP contribution >= 0.6 is 0 Å². The minimum atomic E-state index is -3.51. The molecule has 1 fully saturated rings. The number of hydrogen-bond donors (Lipinski definition) is 1. The first-order valence-corrected chi connectivity index (χ1v) is 7.40. The van der Waals surface area contributed by atoms with Crippen molar-refractivity contribution >= 4 is 10.0 Å². The van der Waals surface area contributed by atoms with Crippen molar-refractivity contribution in [2.45, 2.75) is 23.8 Å². The van der Waals surface area contributed by atoms with Gasteiger partial charge >= 0.3 is 0 Å². The quantitative estimate of drug-likeness (QED) is 0.878. The van der Waals surface area contributed by atoms with Crippen molar-refractivity contribution in [1.29, 1.82) is 0 Å². The second-order valence-electron chi connectivity index (χ2n) is 4.30. The van der Waals surface area contributed by atoms with Crippen LogP contribution in [0.3, 0.4) is 0 Å². The van der Waals surface area contributed by atoms with Gasteiger partial charge in [-0.2, -0.15) is 4.31 Å². The van der Waals surface area contributed by atoms with Gasteiger partial charge in [-0.05, 0) is 25.0 Å². The number of hydrogen-bond acceptors (Lipinski definition) is 4. The first kappa shape index (κ1) is 13.3. The SMILES string of the molecule is COc1ccccc1S(=O)(=O)N1CCCC1CN. The fourth-order valence-corrected chi connectivity index (χ4v) is 4.18. The lowest BCUT2D eigenvalue weighted by Gasteiger charge is -2.23. The molecule has 2 rings (SSSR count). The topological polar surface area (TPSA) is 72.6 Å². The fraction of sp³-hybridized carbons (Fsp3) is 0.500. The number of sulfonamides is 1. The monoisotopic (exact) mass is 270 g/mol. The molecule has 1 aliphatic heterocycles. The van der Waals surface area contributed by atoms with Gasteiger partial charge in [0.2, 0.25) is 10.0 Å². The highest BCUT2D eigenvalue weighted by molar-refractivity contribution is 7.89. The second kappa shape index (κ2) is 5.26. The lowest BCUT2D eigenvalue weighted by atomic mass is 10.2. The zero-order valence-corrected chi connectivity index (χ0v) is 11.2. The molecule has 5 nitrogen and oxygen atoms in total. The molecule has 100 valence electrons. The van der Waals surface area contributed by atoms with Gasteiger partial charge in [0.25, 0.3) is 0 Å². The van der Waals surface area contributed by atoms with Crippen LogP contribution in [0.15, 0.2) is 29.2 Å². The fourth-order valence-electron chi connectivity index (χ4n) is 2.32. The highest BCUT2D eigenvalue weighted by Crippen LogP contribution is 2.30. The molecule has 0 aliphatic carbocycles. The molecule has 1 aliphatic rings. The highest BCUT2D eigenvalue weighted by Gasteiger charge is 2.35. The summed E-state index contributed by atoms with van der Waals surface area (Å²) in [7, 11) is -2.04. The molecule has 1 heterocycles. The molecule has 0 bridgehead atoms. The number of rotatable bonds is 4. The van der Waals surface area contributed by atoms with Gasteiger partial charge in [-0.1, -0.05) is 12.1 Å². The summed E-state index contributed by atoms with van der Waals surface area (Å²) in [4.78, 5) is 0.216. The van der Waals surface area contributed by atoms with Gasteiger partial charge in [0.15, 0.2) is 0 Å². The average Bonchev–Trinajstić information content (AvgIpc) is 2.87. The van der Waals surface area contributed by atoms with Crippen molar-refractivity contribution in [2.75, 3.05) is 20.2 Å². The summed E-state index contributed by atoms with van der Waals surface area (Å²) in [5, 5.41) is 0. The minimum absolute atomic E-state index is 0.0973. The molecule has 0 radical (unpaired) electrons. The summed E-state index contributed by atoms with van der Waals surface area (Å²) in [6.07, 6.45) is 1.68. The number of benzene rings is 1. The molecule has 1 unspecified atom stereocenters. The first-order valence-electron chi connectivity index (χ1n) is 5.96. The highest BCUT2D eigenvalue weighted by atomic mass is 32.2. The van der Waals surface area contributed by atoms with E-state index in [0.717, 1.165) is 12.8 Å². The molecular formula is C12H18N2O3S.